The summed E-state index contributed by atoms with van der Waals surface area (Å²) in [5, 5.41) is 0. The second-order valence-corrected chi connectivity index (χ2v) is 6.70. The van der Waals surface area contributed by atoms with Gasteiger partial charge < -0.3 is 14.4 Å². The quantitative estimate of drug-likeness (QED) is 0.688. The summed E-state index contributed by atoms with van der Waals surface area (Å²) in [4.78, 5) is 16.0. The van der Waals surface area contributed by atoms with Gasteiger partial charge in [0.15, 0.2) is 11.6 Å². The lowest BCUT2D eigenvalue weighted by Gasteiger charge is -2.28. The lowest BCUT2D eigenvalue weighted by molar-refractivity contribution is -0.132. The van der Waals surface area contributed by atoms with E-state index in [1.165, 1.54) is 11.0 Å². The molecule has 0 aliphatic rings. The largest absolute Gasteiger partial charge is 0.497 e. The molecule has 7 heteroatoms. The molecule has 152 valence electrons. The Kier molecular flexibility index (Phi) is 7.34. The second-order valence-electron chi connectivity index (χ2n) is 6.70. The maximum atomic E-state index is 13.5. The van der Waals surface area contributed by atoms with Crippen LogP contribution < -0.4 is 9.47 Å². The molecule has 1 amide bonds. The van der Waals surface area contributed by atoms with Crippen molar-refractivity contribution in [3.05, 3.63) is 59.2 Å². The number of amides is 1. The van der Waals surface area contributed by atoms with Gasteiger partial charge in [0.1, 0.15) is 11.5 Å². The fourth-order valence-electron chi connectivity index (χ4n) is 2.88. The molecule has 0 aliphatic heterocycles. The van der Waals surface area contributed by atoms with E-state index in [4.69, 9.17) is 9.47 Å². The molecule has 28 heavy (non-hydrogen) atoms. The van der Waals surface area contributed by atoms with Crippen molar-refractivity contribution in [3.63, 3.8) is 0 Å². The van der Waals surface area contributed by atoms with Crippen LogP contribution in [0.4, 0.5) is 8.78 Å². The molecule has 0 aliphatic carbocycles. The average Bonchev–Trinajstić information content (AvgIpc) is 2.69. The third kappa shape index (κ3) is 5.19. The van der Waals surface area contributed by atoms with Crippen LogP contribution >= 0.6 is 0 Å². The van der Waals surface area contributed by atoms with Crippen LogP contribution in [0.25, 0.3) is 0 Å². The number of rotatable bonds is 8. The van der Waals surface area contributed by atoms with Gasteiger partial charge in [-0.2, -0.15) is 0 Å². The van der Waals surface area contributed by atoms with Crippen LogP contribution in [0, 0.1) is 11.6 Å². The number of carbonyl (C=O) groups excluding carboxylic acids is 1. The number of hydrogen-bond acceptors (Lipinski definition) is 4. The third-order valence-corrected chi connectivity index (χ3v) is 4.74. The van der Waals surface area contributed by atoms with Gasteiger partial charge >= 0.3 is 0 Å². The SMILES string of the molecule is COc1ccc(CN(C)CC(=O)N(C)C(C)c2ccc(F)c(F)c2)c(OC)c1. The lowest BCUT2D eigenvalue weighted by atomic mass is 10.1. The first-order chi connectivity index (χ1) is 13.3. The van der Waals surface area contributed by atoms with Gasteiger partial charge in [-0.1, -0.05) is 12.1 Å². The lowest BCUT2D eigenvalue weighted by Crippen LogP contribution is -2.37. The highest BCUT2D eigenvalue weighted by Gasteiger charge is 2.20. The van der Waals surface area contributed by atoms with Crippen molar-refractivity contribution in [2.45, 2.75) is 19.5 Å². The molecule has 0 saturated heterocycles. The van der Waals surface area contributed by atoms with E-state index in [1.54, 1.807) is 34.3 Å². The van der Waals surface area contributed by atoms with Gasteiger partial charge in [0.25, 0.3) is 0 Å². The summed E-state index contributed by atoms with van der Waals surface area (Å²) in [6, 6.07) is 8.82. The number of likely N-dealkylation sites (N-methyl/N-ethyl adjacent to an activating group) is 2. The number of halogens is 2. The number of hydrogen-bond donors (Lipinski definition) is 0. The Morgan fingerprint density at radius 3 is 2.36 bits per heavy atom. The molecule has 0 radical (unpaired) electrons. The van der Waals surface area contributed by atoms with E-state index in [0.29, 0.717) is 23.6 Å². The number of carbonyl (C=O) groups is 1. The molecule has 1 unspecified atom stereocenters. The normalized spacial score (nSPS) is 12.0. The first-order valence-electron chi connectivity index (χ1n) is 8.86. The average molecular weight is 392 g/mol. The highest BCUT2D eigenvalue weighted by atomic mass is 19.2. The zero-order valence-electron chi connectivity index (χ0n) is 16.8. The van der Waals surface area contributed by atoms with Crippen molar-refractivity contribution in [2.24, 2.45) is 0 Å². The van der Waals surface area contributed by atoms with Gasteiger partial charge in [-0.15, -0.1) is 0 Å². The highest BCUT2D eigenvalue weighted by molar-refractivity contribution is 5.78. The Morgan fingerprint density at radius 1 is 1.04 bits per heavy atom. The van der Waals surface area contributed by atoms with E-state index in [0.717, 1.165) is 17.7 Å². The van der Waals surface area contributed by atoms with E-state index < -0.39 is 11.6 Å². The van der Waals surface area contributed by atoms with Crippen LogP contribution in [0.1, 0.15) is 24.1 Å². The predicted octanol–water partition coefficient (Wildman–Crippen LogP) is 3.63. The van der Waals surface area contributed by atoms with Gasteiger partial charge in [-0.3, -0.25) is 9.69 Å². The van der Waals surface area contributed by atoms with Crippen molar-refractivity contribution in [1.82, 2.24) is 9.80 Å². The molecule has 1 atom stereocenters. The van der Waals surface area contributed by atoms with Crippen LogP contribution in [-0.2, 0) is 11.3 Å². The van der Waals surface area contributed by atoms with Crippen LogP contribution in [-0.4, -0.2) is 50.6 Å². The van der Waals surface area contributed by atoms with Crippen LogP contribution in [0.3, 0.4) is 0 Å². The molecule has 2 aromatic carbocycles. The maximum absolute atomic E-state index is 13.5. The van der Waals surface area contributed by atoms with Gasteiger partial charge in [0, 0.05) is 25.2 Å². The molecule has 5 nitrogen and oxygen atoms in total. The Hall–Kier alpha value is -2.67. The Balaban J connectivity index is 2.02. The van der Waals surface area contributed by atoms with Crippen molar-refractivity contribution < 1.29 is 23.0 Å². The fourth-order valence-corrected chi connectivity index (χ4v) is 2.88. The number of nitrogens with zero attached hydrogens (tertiary/aromatic N) is 2. The summed E-state index contributed by atoms with van der Waals surface area (Å²) in [6.07, 6.45) is 0. The number of benzene rings is 2. The van der Waals surface area contributed by atoms with Crippen LogP contribution in [0.15, 0.2) is 36.4 Å². The Bertz CT molecular complexity index is 829. The Morgan fingerprint density at radius 2 is 1.75 bits per heavy atom. The van der Waals surface area contributed by atoms with Gasteiger partial charge in [-0.05, 0) is 37.7 Å². The molecule has 0 fully saturated rings. The van der Waals surface area contributed by atoms with E-state index in [-0.39, 0.29) is 18.5 Å². The zero-order valence-corrected chi connectivity index (χ0v) is 16.8. The molecule has 2 aromatic rings. The molecule has 0 N–H and O–H groups in total. The van der Waals surface area contributed by atoms with Gasteiger partial charge in [-0.25, -0.2) is 8.78 Å². The van der Waals surface area contributed by atoms with Gasteiger partial charge in [0.05, 0.1) is 26.8 Å². The number of ether oxygens (including phenoxy) is 2. The van der Waals surface area contributed by atoms with E-state index >= 15 is 0 Å². The van der Waals surface area contributed by atoms with Crippen molar-refractivity contribution in [3.8, 4) is 11.5 Å². The standard InChI is InChI=1S/C21H26F2N2O3/c1-14(15-7-9-18(22)19(23)10-15)25(3)21(26)13-24(2)12-16-6-8-17(27-4)11-20(16)28-5/h6-11,14H,12-13H2,1-5H3. The highest BCUT2D eigenvalue weighted by Crippen LogP contribution is 2.26. The number of methoxy groups -OCH3 is 2. The van der Waals surface area contributed by atoms with E-state index in [1.807, 2.05) is 24.1 Å². The third-order valence-electron chi connectivity index (χ3n) is 4.74. The zero-order chi connectivity index (χ0) is 20.8. The van der Waals surface area contributed by atoms with Crippen molar-refractivity contribution >= 4 is 5.91 Å². The maximum Gasteiger partial charge on any atom is 0.236 e. The van der Waals surface area contributed by atoms with E-state index in [9.17, 15) is 13.6 Å². The summed E-state index contributed by atoms with van der Waals surface area (Å²) in [6.45, 7) is 2.45. The molecule has 0 saturated carbocycles. The van der Waals surface area contributed by atoms with Crippen LogP contribution in [0.2, 0.25) is 0 Å². The predicted molar refractivity (Wildman–Crippen MR) is 103 cm³/mol. The molecular weight excluding hydrogens is 366 g/mol. The van der Waals surface area contributed by atoms with Crippen molar-refractivity contribution in [1.29, 1.82) is 0 Å². The minimum atomic E-state index is -0.922. The molecule has 0 spiro atoms. The molecule has 0 heterocycles. The minimum Gasteiger partial charge on any atom is -0.497 e. The first-order valence-corrected chi connectivity index (χ1v) is 8.86. The fraction of sp³-hybridized carbons (Fsp3) is 0.381. The van der Waals surface area contributed by atoms with Crippen molar-refractivity contribution in [2.75, 3.05) is 34.9 Å². The summed E-state index contributed by atoms with van der Waals surface area (Å²) < 4.78 is 37.2. The van der Waals surface area contributed by atoms with Gasteiger partial charge in [0.2, 0.25) is 5.91 Å². The smallest absolute Gasteiger partial charge is 0.236 e. The summed E-state index contributed by atoms with van der Waals surface area (Å²) in [5.74, 6) is -0.583. The van der Waals surface area contributed by atoms with Crippen LogP contribution in [0.5, 0.6) is 11.5 Å². The summed E-state index contributed by atoms with van der Waals surface area (Å²) >= 11 is 0. The van der Waals surface area contributed by atoms with E-state index in [2.05, 4.69) is 0 Å². The second kappa shape index (κ2) is 9.50. The molecular formula is C21H26F2N2O3. The molecule has 0 aromatic heterocycles. The molecule has 0 bridgehead atoms. The molecule has 2 rings (SSSR count). The summed E-state index contributed by atoms with van der Waals surface area (Å²) in [7, 11) is 6.65. The topological polar surface area (TPSA) is 42.0 Å². The Labute approximate surface area is 164 Å². The monoisotopic (exact) mass is 392 g/mol. The minimum absolute atomic E-state index is 0.132. The summed E-state index contributed by atoms with van der Waals surface area (Å²) in [5.41, 5.74) is 1.46. The first kappa shape index (κ1) is 21.6.